The van der Waals surface area contributed by atoms with Crippen molar-refractivity contribution in [3.63, 3.8) is 0 Å². The number of fused-ring (bicyclic) bond motifs is 16. The summed E-state index contributed by atoms with van der Waals surface area (Å²) >= 11 is 0. The van der Waals surface area contributed by atoms with E-state index >= 15 is 0 Å². The largest absolute Gasteiger partial charge is 0.310 e. The Morgan fingerprint density at radius 2 is 0.746 bits per heavy atom. The zero-order valence-electron chi connectivity index (χ0n) is 39.2. The van der Waals surface area contributed by atoms with E-state index in [9.17, 15) is 0 Å². The fraction of sp³-hybridized carbons (Fsp3) is 0.0435. The summed E-state index contributed by atoms with van der Waals surface area (Å²) in [6, 6.07) is 97.4. The van der Waals surface area contributed by atoms with Crippen molar-refractivity contribution in [1.29, 1.82) is 0 Å². The molecule has 11 aromatic carbocycles. The number of hydrogen-bond donors (Lipinski definition) is 0. The molecule has 0 N–H and O–H groups in total. The number of benzene rings is 11. The van der Waals surface area contributed by atoms with Gasteiger partial charge in [-0.2, -0.15) is 0 Å². The van der Waals surface area contributed by atoms with Gasteiger partial charge in [-0.05, 0) is 151 Å². The first-order chi connectivity index (χ1) is 35.1. The Bertz CT molecular complexity index is 4010. The van der Waals surface area contributed by atoms with Crippen molar-refractivity contribution in [1.82, 2.24) is 4.57 Å². The second kappa shape index (κ2) is 15.0. The number of anilines is 3. The highest BCUT2D eigenvalue weighted by molar-refractivity contribution is 6.10. The Balaban J connectivity index is 0.904. The van der Waals surface area contributed by atoms with Crippen LogP contribution < -0.4 is 4.90 Å². The van der Waals surface area contributed by atoms with Crippen LogP contribution >= 0.6 is 0 Å². The molecule has 332 valence electrons. The monoisotopic (exact) mass is 902 g/mol. The molecule has 3 aliphatic rings. The first kappa shape index (κ1) is 40.0. The molecule has 1 aromatic heterocycles. The molecule has 0 saturated carbocycles. The lowest BCUT2D eigenvalue weighted by Crippen LogP contribution is -2.26. The molecule has 0 bridgehead atoms. The molecule has 0 unspecified atom stereocenters. The van der Waals surface area contributed by atoms with Gasteiger partial charge in [-0.3, -0.25) is 0 Å². The summed E-state index contributed by atoms with van der Waals surface area (Å²) in [5.41, 5.74) is 25.7. The van der Waals surface area contributed by atoms with E-state index in [1.807, 2.05) is 0 Å². The van der Waals surface area contributed by atoms with E-state index in [2.05, 4.69) is 277 Å². The lowest BCUT2D eigenvalue weighted by atomic mass is 9.70. The van der Waals surface area contributed by atoms with Gasteiger partial charge in [-0.25, -0.2) is 0 Å². The van der Waals surface area contributed by atoms with Crippen LogP contribution in [0.1, 0.15) is 45.9 Å². The van der Waals surface area contributed by atoms with Crippen LogP contribution in [-0.4, -0.2) is 4.57 Å². The average Bonchev–Trinajstić information content (AvgIpc) is 4.12. The predicted octanol–water partition coefficient (Wildman–Crippen LogP) is 17.6. The number of nitrogens with zero attached hydrogens (tertiary/aromatic N) is 2. The van der Waals surface area contributed by atoms with Crippen LogP contribution in [-0.2, 0) is 10.8 Å². The van der Waals surface area contributed by atoms with Crippen molar-refractivity contribution < 1.29 is 0 Å². The van der Waals surface area contributed by atoms with Gasteiger partial charge in [0.1, 0.15) is 0 Å². The highest BCUT2D eigenvalue weighted by atomic mass is 15.1. The van der Waals surface area contributed by atoms with Gasteiger partial charge in [0, 0.05) is 38.9 Å². The van der Waals surface area contributed by atoms with Crippen molar-refractivity contribution in [3.05, 3.63) is 300 Å². The van der Waals surface area contributed by atoms with E-state index < -0.39 is 5.41 Å². The minimum Gasteiger partial charge on any atom is -0.310 e. The molecular weight excluding hydrogens is 857 g/mol. The zero-order valence-corrected chi connectivity index (χ0v) is 39.2. The first-order valence-electron chi connectivity index (χ1n) is 24.8. The summed E-state index contributed by atoms with van der Waals surface area (Å²) in [5.74, 6) is 0. The number of rotatable bonds is 6. The summed E-state index contributed by atoms with van der Waals surface area (Å²) < 4.78 is 2.40. The van der Waals surface area contributed by atoms with Crippen molar-refractivity contribution >= 4 is 38.9 Å². The summed E-state index contributed by atoms with van der Waals surface area (Å²) in [6.45, 7) is 2.40. The topological polar surface area (TPSA) is 8.17 Å². The second-order valence-corrected chi connectivity index (χ2v) is 19.7. The van der Waals surface area contributed by atoms with E-state index in [1.165, 1.54) is 105 Å². The van der Waals surface area contributed by atoms with Crippen molar-refractivity contribution in [2.75, 3.05) is 4.90 Å². The molecule has 0 atom stereocenters. The van der Waals surface area contributed by atoms with Gasteiger partial charge in [0.15, 0.2) is 0 Å². The molecule has 0 fully saturated rings. The van der Waals surface area contributed by atoms with Crippen molar-refractivity contribution in [2.24, 2.45) is 0 Å². The van der Waals surface area contributed by atoms with E-state index in [0.717, 1.165) is 22.7 Å². The maximum Gasteiger partial charge on any atom is 0.0726 e. The summed E-state index contributed by atoms with van der Waals surface area (Å²) in [7, 11) is 0. The van der Waals surface area contributed by atoms with E-state index in [4.69, 9.17) is 0 Å². The molecule has 0 aliphatic heterocycles. The highest BCUT2D eigenvalue weighted by Gasteiger charge is 2.51. The Hall–Kier alpha value is -8.98. The van der Waals surface area contributed by atoms with Gasteiger partial charge in [-0.15, -0.1) is 0 Å². The SMILES string of the molecule is CC1(c2ccc(N(c3ccc(-c4ccc5c6ccccc6n(-c6ccccc6)c5c4)cc3)c3ccc4c(c3)C3(c5ccccc5-c5ccccc53)c3ccccc3-4)cc2)c2ccccc2-c2ccccc21. The third-order valence-electron chi connectivity index (χ3n) is 16.3. The fourth-order valence-electron chi connectivity index (χ4n) is 13.2. The minimum atomic E-state index is -0.451. The molecule has 2 heteroatoms. The van der Waals surface area contributed by atoms with Gasteiger partial charge in [-0.1, -0.05) is 200 Å². The smallest absolute Gasteiger partial charge is 0.0726 e. The molecule has 0 saturated heterocycles. The van der Waals surface area contributed by atoms with Gasteiger partial charge in [0.2, 0.25) is 0 Å². The standard InChI is InChI=1S/C69H46N2/c1-68(60-25-11-5-19-52(60)53-20-6-12-26-61(53)68)47-34-38-50(39-35-47)70(49-36-31-45(32-37-49)46-33-41-59-58-24-10-16-30-66(58)71(67(59)43-46)48-17-3-2-4-18-48)51-40-42-57-56-23-9-15-29-64(56)69(65(57)44-51)62-27-13-7-21-54(62)55-22-8-14-28-63(55)69/h2-44H,1H3. The Morgan fingerprint density at radius 1 is 0.310 bits per heavy atom. The van der Waals surface area contributed by atoms with E-state index in [-0.39, 0.29) is 5.41 Å². The quantitative estimate of drug-likeness (QED) is 0.161. The molecule has 3 aliphatic carbocycles. The van der Waals surface area contributed by atoms with E-state index in [0.29, 0.717) is 0 Å². The number of hydrogen-bond acceptors (Lipinski definition) is 1. The average molecular weight is 903 g/mol. The Morgan fingerprint density at radius 3 is 1.34 bits per heavy atom. The number of aromatic nitrogens is 1. The molecule has 1 spiro atoms. The Kier molecular flexibility index (Phi) is 8.45. The van der Waals surface area contributed by atoms with Crippen LogP contribution in [0.2, 0.25) is 0 Å². The summed E-state index contributed by atoms with van der Waals surface area (Å²) in [4.78, 5) is 2.46. The molecule has 71 heavy (non-hydrogen) atoms. The normalized spacial score (nSPS) is 13.9. The zero-order chi connectivity index (χ0) is 46.8. The lowest BCUT2D eigenvalue weighted by Gasteiger charge is -2.32. The first-order valence-corrected chi connectivity index (χ1v) is 24.8. The molecule has 12 aromatic rings. The van der Waals surface area contributed by atoms with Crippen LogP contribution in [0.15, 0.2) is 261 Å². The van der Waals surface area contributed by atoms with Crippen LogP contribution in [0, 0.1) is 0 Å². The van der Waals surface area contributed by atoms with Gasteiger partial charge < -0.3 is 9.47 Å². The van der Waals surface area contributed by atoms with E-state index in [1.54, 1.807) is 0 Å². The van der Waals surface area contributed by atoms with Crippen LogP contribution in [0.4, 0.5) is 17.1 Å². The second-order valence-electron chi connectivity index (χ2n) is 19.7. The van der Waals surface area contributed by atoms with Gasteiger partial charge in [0.05, 0.1) is 16.4 Å². The summed E-state index contributed by atoms with van der Waals surface area (Å²) in [5, 5.41) is 2.51. The highest BCUT2D eigenvalue weighted by Crippen LogP contribution is 2.63. The van der Waals surface area contributed by atoms with Crippen LogP contribution in [0.5, 0.6) is 0 Å². The third-order valence-corrected chi connectivity index (χ3v) is 16.3. The fourth-order valence-corrected chi connectivity index (χ4v) is 13.2. The molecule has 0 amide bonds. The maximum absolute atomic E-state index is 2.50. The van der Waals surface area contributed by atoms with Gasteiger partial charge >= 0.3 is 0 Å². The minimum absolute atomic E-state index is 0.291. The Labute approximate surface area is 414 Å². The maximum atomic E-state index is 2.50. The molecular formula is C69H46N2. The van der Waals surface area contributed by atoms with Crippen LogP contribution in [0.3, 0.4) is 0 Å². The third kappa shape index (κ3) is 5.48. The van der Waals surface area contributed by atoms with Crippen molar-refractivity contribution in [2.45, 2.75) is 17.8 Å². The predicted molar refractivity (Wildman–Crippen MR) is 295 cm³/mol. The lowest BCUT2D eigenvalue weighted by molar-refractivity contribution is 0.714. The molecule has 1 heterocycles. The van der Waals surface area contributed by atoms with Crippen molar-refractivity contribution in [3.8, 4) is 50.2 Å². The molecule has 0 radical (unpaired) electrons. The van der Waals surface area contributed by atoms with Gasteiger partial charge in [0.25, 0.3) is 0 Å². The summed E-state index contributed by atoms with van der Waals surface area (Å²) in [6.07, 6.45) is 0. The molecule has 2 nitrogen and oxygen atoms in total. The number of para-hydroxylation sites is 2. The molecule has 15 rings (SSSR count). The van der Waals surface area contributed by atoms with Crippen LogP contribution in [0.25, 0.3) is 72.0 Å².